The summed E-state index contributed by atoms with van der Waals surface area (Å²) in [6.07, 6.45) is 6.05. The normalized spacial score (nSPS) is 15.9. The Labute approximate surface area is 157 Å². The van der Waals surface area contributed by atoms with Crippen LogP contribution >= 0.6 is 11.3 Å². The molecule has 1 aliphatic carbocycles. The lowest BCUT2D eigenvalue weighted by atomic mass is 9.94. The van der Waals surface area contributed by atoms with Gasteiger partial charge >= 0.3 is 5.97 Å². The Kier molecular flexibility index (Phi) is 5.77. The van der Waals surface area contributed by atoms with Gasteiger partial charge in [-0.2, -0.15) is 0 Å². The molecule has 0 saturated heterocycles. The zero-order valence-corrected chi connectivity index (χ0v) is 16.7. The predicted octanol–water partition coefficient (Wildman–Crippen LogP) is 3.62. The summed E-state index contributed by atoms with van der Waals surface area (Å²) in [5.41, 5.74) is 0.468. The summed E-state index contributed by atoms with van der Waals surface area (Å²) in [6.45, 7) is 6.01. The Morgan fingerprint density at radius 2 is 2.04 bits per heavy atom. The van der Waals surface area contributed by atoms with Crippen molar-refractivity contribution in [1.29, 1.82) is 0 Å². The van der Waals surface area contributed by atoms with Crippen LogP contribution in [0.3, 0.4) is 0 Å². The van der Waals surface area contributed by atoms with E-state index in [1.165, 1.54) is 43.4 Å². The molecule has 26 heavy (non-hydrogen) atoms. The third-order valence-corrected chi connectivity index (χ3v) is 6.14. The highest BCUT2D eigenvalue weighted by molar-refractivity contribution is 7.20. The van der Waals surface area contributed by atoms with Crippen molar-refractivity contribution < 1.29 is 9.53 Å². The number of ether oxygens (including phenoxy) is 1. The number of hydrogen-bond acceptors (Lipinski definition) is 6. The number of carbonyl (C=O) groups is 1. The van der Waals surface area contributed by atoms with Crippen LogP contribution in [-0.2, 0) is 11.3 Å². The standard InChI is InChI=1S/C19H27N3O3S/c1-11(2)25-19(24)16-12(3)15-17(23)20-14(21-18(15)26-16)10-22(4)13-8-6-5-7-9-13/h11,13H,5-10H2,1-4H3,(H,20,21,23). The van der Waals surface area contributed by atoms with E-state index in [1.807, 2.05) is 13.8 Å². The molecule has 6 nitrogen and oxygen atoms in total. The largest absolute Gasteiger partial charge is 0.459 e. The summed E-state index contributed by atoms with van der Waals surface area (Å²) in [7, 11) is 2.09. The van der Waals surface area contributed by atoms with Crippen LogP contribution in [0, 0.1) is 6.92 Å². The number of rotatable bonds is 5. The van der Waals surface area contributed by atoms with Gasteiger partial charge in [0.25, 0.3) is 5.56 Å². The van der Waals surface area contributed by atoms with Crippen LogP contribution in [0.15, 0.2) is 4.79 Å². The van der Waals surface area contributed by atoms with Crippen molar-refractivity contribution >= 4 is 27.5 Å². The first kappa shape index (κ1) is 19.0. The fourth-order valence-corrected chi connectivity index (χ4v) is 4.70. The Morgan fingerprint density at radius 1 is 1.35 bits per heavy atom. The molecule has 0 atom stereocenters. The second kappa shape index (κ2) is 7.88. The molecule has 7 heteroatoms. The van der Waals surface area contributed by atoms with Gasteiger partial charge in [0.2, 0.25) is 0 Å². The molecule has 0 amide bonds. The molecule has 2 heterocycles. The van der Waals surface area contributed by atoms with Crippen molar-refractivity contribution in [2.45, 2.75) is 71.6 Å². The molecule has 0 unspecified atom stereocenters. The van der Waals surface area contributed by atoms with Crippen LogP contribution in [0.4, 0.5) is 0 Å². The maximum Gasteiger partial charge on any atom is 0.348 e. The molecule has 3 rings (SSSR count). The van der Waals surface area contributed by atoms with Gasteiger partial charge in [-0.05, 0) is 46.2 Å². The van der Waals surface area contributed by atoms with Crippen LogP contribution in [0.2, 0.25) is 0 Å². The Balaban J connectivity index is 1.87. The van der Waals surface area contributed by atoms with Crippen molar-refractivity contribution in [3.8, 4) is 0 Å². The van der Waals surface area contributed by atoms with E-state index >= 15 is 0 Å². The van der Waals surface area contributed by atoms with Crippen LogP contribution in [0.5, 0.6) is 0 Å². The quantitative estimate of drug-likeness (QED) is 0.806. The van der Waals surface area contributed by atoms with Crippen LogP contribution in [-0.4, -0.2) is 40.0 Å². The van der Waals surface area contributed by atoms with Crippen LogP contribution in [0.1, 0.15) is 67.0 Å². The summed E-state index contributed by atoms with van der Waals surface area (Å²) < 4.78 is 5.28. The van der Waals surface area contributed by atoms with Crippen LogP contribution < -0.4 is 5.56 Å². The maximum absolute atomic E-state index is 12.6. The molecule has 0 bridgehead atoms. The minimum atomic E-state index is -0.388. The first-order valence-electron chi connectivity index (χ1n) is 9.30. The van der Waals surface area contributed by atoms with Gasteiger partial charge in [-0.1, -0.05) is 19.3 Å². The number of aromatic nitrogens is 2. The van der Waals surface area contributed by atoms with E-state index in [0.29, 0.717) is 39.1 Å². The molecule has 0 radical (unpaired) electrons. The van der Waals surface area contributed by atoms with Crippen molar-refractivity contribution in [1.82, 2.24) is 14.9 Å². The molecule has 1 aliphatic rings. The molecule has 1 N–H and O–H groups in total. The van der Waals surface area contributed by atoms with E-state index in [4.69, 9.17) is 4.74 Å². The number of H-pyrrole nitrogens is 1. The zero-order valence-electron chi connectivity index (χ0n) is 15.9. The van der Waals surface area contributed by atoms with E-state index in [0.717, 1.165) is 0 Å². The van der Waals surface area contributed by atoms with Gasteiger partial charge < -0.3 is 9.72 Å². The summed E-state index contributed by atoms with van der Waals surface area (Å²) in [5.74, 6) is 0.265. The van der Waals surface area contributed by atoms with Crippen molar-refractivity contribution in [2.75, 3.05) is 7.05 Å². The molecule has 2 aromatic rings. The summed E-state index contributed by atoms with van der Waals surface area (Å²) in [4.78, 5) is 35.7. The Morgan fingerprint density at radius 3 is 2.69 bits per heavy atom. The third kappa shape index (κ3) is 3.99. The van der Waals surface area contributed by atoms with Crippen molar-refractivity contribution in [3.05, 3.63) is 26.6 Å². The van der Waals surface area contributed by atoms with E-state index in [2.05, 4.69) is 21.9 Å². The van der Waals surface area contributed by atoms with Crippen molar-refractivity contribution in [3.63, 3.8) is 0 Å². The summed E-state index contributed by atoms with van der Waals surface area (Å²) in [5, 5.41) is 0.495. The number of aryl methyl sites for hydroxylation is 1. The van der Waals surface area contributed by atoms with E-state index < -0.39 is 0 Å². The lowest BCUT2D eigenvalue weighted by Gasteiger charge is -2.30. The maximum atomic E-state index is 12.6. The van der Waals surface area contributed by atoms with Gasteiger partial charge in [-0.15, -0.1) is 11.3 Å². The molecular formula is C19H27N3O3S. The topological polar surface area (TPSA) is 75.3 Å². The highest BCUT2D eigenvalue weighted by atomic mass is 32.1. The van der Waals surface area contributed by atoms with Crippen LogP contribution in [0.25, 0.3) is 10.2 Å². The predicted molar refractivity (Wildman–Crippen MR) is 104 cm³/mol. The molecule has 142 valence electrons. The number of hydrogen-bond donors (Lipinski definition) is 1. The molecule has 0 spiro atoms. The Hall–Kier alpha value is -1.73. The number of carbonyl (C=O) groups excluding carboxylic acids is 1. The average molecular weight is 378 g/mol. The van der Waals surface area contributed by atoms with E-state index in [1.54, 1.807) is 6.92 Å². The lowest BCUT2D eigenvalue weighted by molar-refractivity contribution is 0.0383. The van der Waals surface area contributed by atoms with Gasteiger partial charge in [-0.25, -0.2) is 9.78 Å². The number of esters is 1. The van der Waals surface area contributed by atoms with E-state index in [9.17, 15) is 9.59 Å². The highest BCUT2D eigenvalue weighted by Gasteiger charge is 2.22. The molecular weight excluding hydrogens is 350 g/mol. The number of fused-ring (bicyclic) bond motifs is 1. The zero-order chi connectivity index (χ0) is 18.8. The second-order valence-electron chi connectivity index (χ2n) is 7.41. The van der Waals surface area contributed by atoms with Gasteiger partial charge in [0.1, 0.15) is 15.5 Å². The number of nitrogens with one attached hydrogen (secondary N) is 1. The van der Waals surface area contributed by atoms with E-state index in [-0.39, 0.29) is 17.6 Å². The highest BCUT2D eigenvalue weighted by Crippen LogP contribution is 2.28. The molecule has 2 aromatic heterocycles. The number of nitrogens with zero attached hydrogens (tertiary/aromatic N) is 2. The van der Waals surface area contributed by atoms with Gasteiger partial charge in [0.05, 0.1) is 18.0 Å². The van der Waals surface area contributed by atoms with Gasteiger partial charge in [-0.3, -0.25) is 9.69 Å². The minimum Gasteiger partial charge on any atom is -0.459 e. The minimum absolute atomic E-state index is 0.181. The molecule has 1 saturated carbocycles. The average Bonchev–Trinajstić information content (AvgIpc) is 2.92. The smallest absolute Gasteiger partial charge is 0.348 e. The second-order valence-corrected chi connectivity index (χ2v) is 8.41. The lowest BCUT2D eigenvalue weighted by Crippen LogP contribution is -2.34. The monoisotopic (exact) mass is 377 g/mol. The third-order valence-electron chi connectivity index (χ3n) is 4.97. The summed E-state index contributed by atoms with van der Waals surface area (Å²) >= 11 is 1.24. The van der Waals surface area contributed by atoms with Crippen molar-refractivity contribution in [2.24, 2.45) is 0 Å². The molecule has 0 aliphatic heterocycles. The summed E-state index contributed by atoms with van der Waals surface area (Å²) in [6, 6.07) is 0.548. The first-order valence-corrected chi connectivity index (χ1v) is 10.1. The molecule has 0 aromatic carbocycles. The Bertz CT molecular complexity index is 850. The first-order chi connectivity index (χ1) is 12.4. The van der Waals surface area contributed by atoms with Gasteiger partial charge in [0.15, 0.2) is 0 Å². The number of thiophene rings is 1. The SMILES string of the molecule is Cc1c(C(=O)OC(C)C)sc2nc(CN(C)C3CCCCC3)[nH]c(=O)c12. The fourth-order valence-electron chi connectivity index (χ4n) is 3.61. The van der Waals surface area contributed by atoms with Gasteiger partial charge in [0, 0.05) is 6.04 Å². The molecule has 1 fully saturated rings. The number of aromatic amines is 1. The fraction of sp³-hybridized carbons (Fsp3) is 0.632.